The van der Waals surface area contributed by atoms with E-state index in [1.807, 2.05) is 18.2 Å². The lowest BCUT2D eigenvalue weighted by Crippen LogP contribution is -2.25. The quantitative estimate of drug-likeness (QED) is 0.717. The van der Waals surface area contributed by atoms with Crippen molar-refractivity contribution in [3.05, 3.63) is 83.2 Å². The molecule has 2 heterocycles. The van der Waals surface area contributed by atoms with Crippen molar-refractivity contribution >= 4 is 5.91 Å². The molecule has 0 bridgehead atoms. The fourth-order valence-corrected chi connectivity index (χ4v) is 3.57. The van der Waals surface area contributed by atoms with Crippen molar-refractivity contribution in [1.82, 2.24) is 9.88 Å². The number of nitrogens with zero attached hydrogens (tertiary/aromatic N) is 2. The number of phenols is 1. The van der Waals surface area contributed by atoms with E-state index < -0.39 is 11.6 Å². The lowest BCUT2D eigenvalue weighted by molar-refractivity contribution is 0.0774. The normalized spacial score (nSPS) is 13.1. The molecule has 1 amide bonds. The molecule has 28 heavy (non-hydrogen) atoms. The van der Waals surface area contributed by atoms with Crippen LogP contribution in [0.1, 0.15) is 27.9 Å². The van der Waals surface area contributed by atoms with E-state index in [-0.39, 0.29) is 11.7 Å². The van der Waals surface area contributed by atoms with Crippen molar-refractivity contribution in [2.24, 2.45) is 0 Å². The van der Waals surface area contributed by atoms with E-state index in [2.05, 4.69) is 4.98 Å². The summed E-state index contributed by atoms with van der Waals surface area (Å²) in [7, 11) is 0. The van der Waals surface area contributed by atoms with E-state index in [0.29, 0.717) is 37.1 Å². The highest BCUT2D eigenvalue weighted by molar-refractivity contribution is 6.01. The number of aromatic nitrogens is 1. The standard InChI is InChI=1S/C22H18F2N2O2/c23-18-4-3-15(19(24)12-18)2-1-9-26-13-17-10-16(14-5-7-25-8-6-14)11-20(27)21(17)22(26)28/h3-8,10-12,27H,1-2,9,13H2. The molecular formula is C22H18F2N2O2. The highest BCUT2D eigenvalue weighted by Gasteiger charge is 2.30. The molecule has 2 aromatic carbocycles. The highest BCUT2D eigenvalue weighted by Crippen LogP contribution is 2.35. The van der Waals surface area contributed by atoms with Crippen LogP contribution in [0.2, 0.25) is 0 Å². The van der Waals surface area contributed by atoms with Crippen LogP contribution >= 0.6 is 0 Å². The molecule has 1 N–H and O–H groups in total. The molecule has 4 nitrogen and oxygen atoms in total. The maximum absolute atomic E-state index is 13.7. The number of phenolic OH excluding ortho intramolecular Hbond substituents is 1. The largest absolute Gasteiger partial charge is 0.507 e. The Balaban J connectivity index is 1.47. The number of pyridine rings is 1. The van der Waals surface area contributed by atoms with Gasteiger partial charge in [0.2, 0.25) is 0 Å². The zero-order valence-electron chi connectivity index (χ0n) is 15.0. The van der Waals surface area contributed by atoms with Gasteiger partial charge < -0.3 is 10.0 Å². The van der Waals surface area contributed by atoms with E-state index >= 15 is 0 Å². The van der Waals surface area contributed by atoms with Gasteiger partial charge in [0.05, 0.1) is 5.56 Å². The van der Waals surface area contributed by atoms with Gasteiger partial charge in [0.25, 0.3) is 5.91 Å². The summed E-state index contributed by atoms with van der Waals surface area (Å²) in [5.74, 6) is -1.45. The molecule has 1 aromatic heterocycles. The van der Waals surface area contributed by atoms with Gasteiger partial charge >= 0.3 is 0 Å². The molecule has 1 aliphatic heterocycles. The number of aryl methyl sites for hydroxylation is 1. The van der Waals surface area contributed by atoms with Crippen LogP contribution in [-0.2, 0) is 13.0 Å². The number of carbonyl (C=O) groups is 1. The summed E-state index contributed by atoms with van der Waals surface area (Å²) in [4.78, 5) is 18.3. The second-order valence-corrected chi connectivity index (χ2v) is 6.83. The summed E-state index contributed by atoms with van der Waals surface area (Å²) in [5.41, 5.74) is 3.25. The number of carbonyl (C=O) groups excluding carboxylic acids is 1. The Morgan fingerprint density at radius 2 is 1.82 bits per heavy atom. The van der Waals surface area contributed by atoms with Gasteiger partial charge in [0.15, 0.2) is 0 Å². The average Bonchev–Trinajstić information content (AvgIpc) is 3.00. The summed E-state index contributed by atoms with van der Waals surface area (Å²) < 4.78 is 26.7. The SMILES string of the molecule is O=C1c2c(O)cc(-c3ccncc3)cc2CN1CCCc1ccc(F)cc1F. The van der Waals surface area contributed by atoms with E-state index in [0.717, 1.165) is 22.8 Å². The molecule has 0 radical (unpaired) electrons. The molecule has 6 heteroatoms. The number of fused-ring (bicyclic) bond motifs is 1. The Bertz CT molecular complexity index is 1040. The minimum Gasteiger partial charge on any atom is -0.507 e. The van der Waals surface area contributed by atoms with E-state index in [4.69, 9.17) is 0 Å². The van der Waals surface area contributed by atoms with E-state index in [1.54, 1.807) is 23.4 Å². The predicted molar refractivity (Wildman–Crippen MR) is 101 cm³/mol. The molecule has 0 unspecified atom stereocenters. The third-order valence-electron chi connectivity index (χ3n) is 4.96. The third-order valence-corrected chi connectivity index (χ3v) is 4.96. The zero-order chi connectivity index (χ0) is 19.7. The maximum Gasteiger partial charge on any atom is 0.258 e. The molecule has 4 rings (SSSR count). The van der Waals surface area contributed by atoms with E-state index in [1.165, 1.54) is 12.1 Å². The number of halogens is 2. The van der Waals surface area contributed by atoms with Gasteiger partial charge in [0.1, 0.15) is 17.4 Å². The number of rotatable bonds is 5. The van der Waals surface area contributed by atoms with Gasteiger partial charge in [-0.25, -0.2) is 8.78 Å². The van der Waals surface area contributed by atoms with Gasteiger partial charge in [-0.15, -0.1) is 0 Å². The summed E-state index contributed by atoms with van der Waals surface area (Å²) >= 11 is 0. The molecule has 0 aliphatic carbocycles. The topological polar surface area (TPSA) is 53.4 Å². The third kappa shape index (κ3) is 3.45. The van der Waals surface area contributed by atoms with Crippen molar-refractivity contribution in [3.8, 4) is 16.9 Å². The number of hydrogen-bond acceptors (Lipinski definition) is 3. The van der Waals surface area contributed by atoms with Gasteiger partial charge in [-0.2, -0.15) is 0 Å². The van der Waals surface area contributed by atoms with Gasteiger partial charge in [-0.3, -0.25) is 9.78 Å². The molecule has 0 atom stereocenters. The summed E-state index contributed by atoms with van der Waals surface area (Å²) in [5, 5.41) is 10.4. The van der Waals surface area contributed by atoms with Crippen LogP contribution in [0.15, 0.2) is 54.9 Å². The molecule has 1 aliphatic rings. The molecular weight excluding hydrogens is 362 g/mol. The van der Waals surface area contributed by atoms with Crippen molar-refractivity contribution in [3.63, 3.8) is 0 Å². The predicted octanol–water partition coefficient (Wildman–Crippen LogP) is 4.32. The zero-order valence-corrected chi connectivity index (χ0v) is 15.0. The Morgan fingerprint density at radius 1 is 1.04 bits per heavy atom. The lowest BCUT2D eigenvalue weighted by atomic mass is 10.0. The van der Waals surface area contributed by atoms with Crippen LogP contribution in [0, 0.1) is 11.6 Å². The number of benzene rings is 2. The lowest BCUT2D eigenvalue weighted by Gasteiger charge is -2.15. The van der Waals surface area contributed by atoms with Gasteiger partial charge in [0, 0.05) is 31.5 Å². The molecule has 0 saturated heterocycles. The Morgan fingerprint density at radius 3 is 2.57 bits per heavy atom. The van der Waals surface area contributed by atoms with Crippen LogP contribution in [0.4, 0.5) is 8.78 Å². The Labute approximate surface area is 161 Å². The van der Waals surface area contributed by atoms with Crippen molar-refractivity contribution < 1.29 is 18.7 Å². The Hall–Kier alpha value is -3.28. The average molecular weight is 380 g/mol. The van der Waals surface area contributed by atoms with E-state index in [9.17, 15) is 18.7 Å². The molecule has 0 saturated carbocycles. The summed E-state index contributed by atoms with van der Waals surface area (Å²) in [6, 6.07) is 10.7. The smallest absolute Gasteiger partial charge is 0.258 e. The first-order chi connectivity index (χ1) is 13.5. The summed E-state index contributed by atoms with van der Waals surface area (Å²) in [6.07, 6.45) is 4.29. The van der Waals surface area contributed by atoms with Gasteiger partial charge in [-0.1, -0.05) is 6.07 Å². The monoisotopic (exact) mass is 380 g/mol. The number of aromatic hydroxyl groups is 1. The van der Waals surface area contributed by atoms with Crippen molar-refractivity contribution in [2.75, 3.05) is 6.54 Å². The van der Waals surface area contributed by atoms with Crippen LogP contribution < -0.4 is 0 Å². The molecule has 0 fully saturated rings. The number of amides is 1. The van der Waals surface area contributed by atoms with Gasteiger partial charge in [-0.05, 0) is 65.4 Å². The fourth-order valence-electron chi connectivity index (χ4n) is 3.57. The van der Waals surface area contributed by atoms with Crippen LogP contribution in [0.25, 0.3) is 11.1 Å². The second kappa shape index (κ2) is 7.38. The molecule has 3 aromatic rings. The molecule has 0 spiro atoms. The second-order valence-electron chi connectivity index (χ2n) is 6.83. The van der Waals surface area contributed by atoms with Crippen LogP contribution in [0.5, 0.6) is 5.75 Å². The number of hydrogen-bond donors (Lipinski definition) is 1. The first-order valence-corrected chi connectivity index (χ1v) is 9.02. The Kier molecular flexibility index (Phi) is 4.77. The minimum atomic E-state index is -0.605. The summed E-state index contributed by atoms with van der Waals surface area (Å²) in [6.45, 7) is 0.820. The van der Waals surface area contributed by atoms with Crippen molar-refractivity contribution in [2.45, 2.75) is 19.4 Å². The first-order valence-electron chi connectivity index (χ1n) is 9.02. The minimum absolute atomic E-state index is 0.0404. The molecule has 142 valence electrons. The first kappa shape index (κ1) is 18.1. The van der Waals surface area contributed by atoms with Crippen LogP contribution in [0.3, 0.4) is 0 Å². The van der Waals surface area contributed by atoms with Crippen molar-refractivity contribution in [1.29, 1.82) is 0 Å². The maximum atomic E-state index is 13.7. The highest BCUT2D eigenvalue weighted by atomic mass is 19.1. The van der Waals surface area contributed by atoms with Crippen LogP contribution in [-0.4, -0.2) is 27.4 Å². The fraction of sp³-hybridized carbons (Fsp3) is 0.182.